The summed E-state index contributed by atoms with van der Waals surface area (Å²) in [5, 5.41) is 0. The number of morpholine rings is 1. The van der Waals surface area contributed by atoms with E-state index < -0.39 is 0 Å². The second kappa shape index (κ2) is 7.32. The Morgan fingerprint density at radius 3 is 3.00 bits per heavy atom. The zero-order valence-electron chi connectivity index (χ0n) is 13.8. The normalized spacial score (nSPS) is 21.3. The average Bonchev–Trinajstić information content (AvgIpc) is 3.41. The molecule has 3 rings (SSSR count). The molecule has 2 aliphatic rings. The molecule has 1 aliphatic heterocycles. The lowest BCUT2D eigenvalue weighted by molar-refractivity contribution is -0.0313. The molecule has 126 valence electrons. The zero-order chi connectivity index (χ0) is 16.2. The van der Waals surface area contributed by atoms with Crippen LogP contribution in [0.25, 0.3) is 0 Å². The molecule has 1 atom stereocenters. The average molecular weight is 318 g/mol. The summed E-state index contributed by atoms with van der Waals surface area (Å²) in [7, 11) is 0. The van der Waals surface area contributed by atoms with E-state index in [0.29, 0.717) is 44.3 Å². The Kier molecular flexibility index (Phi) is 5.18. The second-order valence-electron chi connectivity index (χ2n) is 6.47. The Morgan fingerprint density at radius 1 is 1.43 bits per heavy atom. The van der Waals surface area contributed by atoms with Crippen molar-refractivity contribution in [1.82, 2.24) is 4.90 Å². The number of nitrogens with two attached hydrogens (primary N) is 1. The van der Waals surface area contributed by atoms with Crippen LogP contribution in [0, 0.1) is 12.8 Å². The van der Waals surface area contributed by atoms with Crippen LogP contribution in [0.4, 0.5) is 0 Å². The van der Waals surface area contributed by atoms with Crippen LogP contribution in [0.2, 0.25) is 0 Å². The Morgan fingerprint density at radius 2 is 2.26 bits per heavy atom. The lowest BCUT2D eigenvalue weighted by Crippen LogP contribution is -2.46. The third-order valence-electron chi connectivity index (χ3n) is 4.57. The maximum absolute atomic E-state index is 12.8. The van der Waals surface area contributed by atoms with E-state index in [1.54, 1.807) is 0 Å². The zero-order valence-corrected chi connectivity index (χ0v) is 13.8. The predicted octanol–water partition coefficient (Wildman–Crippen LogP) is 1.97. The molecule has 0 radical (unpaired) electrons. The van der Waals surface area contributed by atoms with Crippen LogP contribution in [0.3, 0.4) is 0 Å². The maximum atomic E-state index is 12.8. The number of carbonyl (C=O) groups is 1. The van der Waals surface area contributed by atoms with Crippen molar-refractivity contribution in [2.75, 3.05) is 32.8 Å². The molecule has 1 heterocycles. The number of aryl methyl sites for hydroxylation is 1. The van der Waals surface area contributed by atoms with Crippen molar-refractivity contribution in [3.05, 3.63) is 29.3 Å². The monoisotopic (exact) mass is 318 g/mol. The quantitative estimate of drug-likeness (QED) is 0.815. The van der Waals surface area contributed by atoms with Gasteiger partial charge < -0.3 is 20.1 Å². The molecule has 1 amide bonds. The first-order valence-corrected chi connectivity index (χ1v) is 8.53. The van der Waals surface area contributed by atoms with Gasteiger partial charge in [0.2, 0.25) is 0 Å². The number of hydrogen-bond acceptors (Lipinski definition) is 4. The molecular formula is C18H26N2O3. The molecule has 0 aromatic heterocycles. The molecule has 1 saturated heterocycles. The van der Waals surface area contributed by atoms with Gasteiger partial charge in [-0.2, -0.15) is 0 Å². The Labute approximate surface area is 137 Å². The molecule has 1 aliphatic carbocycles. The number of benzene rings is 1. The van der Waals surface area contributed by atoms with Crippen LogP contribution in [0.1, 0.15) is 35.2 Å². The molecule has 2 fully saturated rings. The summed E-state index contributed by atoms with van der Waals surface area (Å²) in [6, 6.07) is 5.69. The molecule has 0 bridgehead atoms. The number of carbonyl (C=O) groups excluding carboxylic acids is 1. The van der Waals surface area contributed by atoms with Crippen LogP contribution in [-0.4, -0.2) is 49.8 Å². The second-order valence-corrected chi connectivity index (χ2v) is 6.47. The van der Waals surface area contributed by atoms with Gasteiger partial charge in [0, 0.05) is 18.7 Å². The van der Waals surface area contributed by atoms with E-state index in [4.69, 9.17) is 15.2 Å². The summed E-state index contributed by atoms with van der Waals surface area (Å²) in [6.45, 7) is 5.19. The van der Waals surface area contributed by atoms with Crippen LogP contribution >= 0.6 is 0 Å². The number of nitrogens with zero attached hydrogens (tertiary/aromatic N) is 1. The van der Waals surface area contributed by atoms with Crippen molar-refractivity contribution in [3.63, 3.8) is 0 Å². The Balaban J connectivity index is 1.67. The lowest BCUT2D eigenvalue weighted by atomic mass is 10.1. The molecule has 0 unspecified atom stereocenters. The standard InChI is InChI=1S/C18H26N2O3/c1-13-3-4-15(11-16(13)22-9-2-7-19)18(21)20-8-10-23-17(12-20)14-5-6-14/h3-4,11,14,17H,2,5-10,12,19H2,1H3/t17-/m1/s1. The van der Waals surface area contributed by atoms with Gasteiger partial charge in [-0.05, 0) is 56.3 Å². The third-order valence-corrected chi connectivity index (χ3v) is 4.57. The summed E-state index contributed by atoms with van der Waals surface area (Å²) in [4.78, 5) is 14.7. The first kappa shape index (κ1) is 16.3. The summed E-state index contributed by atoms with van der Waals surface area (Å²) in [6.07, 6.45) is 3.50. The fourth-order valence-corrected chi connectivity index (χ4v) is 2.95. The number of rotatable bonds is 6. The highest BCUT2D eigenvalue weighted by Crippen LogP contribution is 2.36. The van der Waals surface area contributed by atoms with Crippen LogP contribution < -0.4 is 10.5 Å². The van der Waals surface area contributed by atoms with E-state index in [1.165, 1.54) is 12.8 Å². The van der Waals surface area contributed by atoms with Gasteiger partial charge in [0.25, 0.3) is 5.91 Å². The summed E-state index contributed by atoms with van der Waals surface area (Å²) >= 11 is 0. The number of ether oxygens (including phenoxy) is 2. The Hall–Kier alpha value is -1.59. The molecule has 1 aromatic carbocycles. The summed E-state index contributed by atoms with van der Waals surface area (Å²) < 4.78 is 11.5. The van der Waals surface area contributed by atoms with Crippen molar-refractivity contribution < 1.29 is 14.3 Å². The van der Waals surface area contributed by atoms with Gasteiger partial charge in [-0.15, -0.1) is 0 Å². The van der Waals surface area contributed by atoms with Gasteiger partial charge in [-0.3, -0.25) is 4.79 Å². The lowest BCUT2D eigenvalue weighted by Gasteiger charge is -2.33. The first-order chi connectivity index (χ1) is 11.2. The number of amides is 1. The van der Waals surface area contributed by atoms with Crippen molar-refractivity contribution in [1.29, 1.82) is 0 Å². The topological polar surface area (TPSA) is 64.8 Å². The maximum Gasteiger partial charge on any atom is 0.254 e. The van der Waals surface area contributed by atoms with Crippen molar-refractivity contribution in [3.8, 4) is 5.75 Å². The molecule has 5 heteroatoms. The van der Waals surface area contributed by atoms with E-state index in [1.807, 2.05) is 30.0 Å². The van der Waals surface area contributed by atoms with Gasteiger partial charge in [0.15, 0.2) is 0 Å². The van der Waals surface area contributed by atoms with Gasteiger partial charge >= 0.3 is 0 Å². The molecule has 23 heavy (non-hydrogen) atoms. The molecule has 5 nitrogen and oxygen atoms in total. The van der Waals surface area contributed by atoms with Crippen molar-refractivity contribution in [2.24, 2.45) is 11.7 Å². The van der Waals surface area contributed by atoms with Gasteiger partial charge in [-0.1, -0.05) is 6.07 Å². The van der Waals surface area contributed by atoms with Gasteiger partial charge in [0.1, 0.15) is 5.75 Å². The fourth-order valence-electron chi connectivity index (χ4n) is 2.95. The molecule has 0 spiro atoms. The fraction of sp³-hybridized carbons (Fsp3) is 0.611. The van der Waals surface area contributed by atoms with E-state index in [9.17, 15) is 4.79 Å². The largest absolute Gasteiger partial charge is 0.493 e. The predicted molar refractivity (Wildman–Crippen MR) is 88.7 cm³/mol. The van der Waals surface area contributed by atoms with Gasteiger partial charge in [0.05, 0.1) is 19.3 Å². The van der Waals surface area contributed by atoms with Crippen molar-refractivity contribution >= 4 is 5.91 Å². The molecule has 1 aromatic rings. The SMILES string of the molecule is Cc1ccc(C(=O)N2CCO[C@@H](C3CC3)C2)cc1OCCCN. The van der Waals surface area contributed by atoms with E-state index in [2.05, 4.69) is 0 Å². The molecule has 2 N–H and O–H groups in total. The minimum absolute atomic E-state index is 0.0719. The first-order valence-electron chi connectivity index (χ1n) is 8.53. The van der Waals surface area contributed by atoms with E-state index in [0.717, 1.165) is 17.7 Å². The summed E-state index contributed by atoms with van der Waals surface area (Å²) in [5.74, 6) is 1.50. The smallest absolute Gasteiger partial charge is 0.254 e. The van der Waals surface area contributed by atoms with Crippen LogP contribution in [-0.2, 0) is 4.74 Å². The minimum Gasteiger partial charge on any atom is -0.493 e. The molecular weight excluding hydrogens is 292 g/mol. The summed E-state index contributed by atoms with van der Waals surface area (Å²) in [5.41, 5.74) is 7.22. The van der Waals surface area contributed by atoms with Crippen LogP contribution in [0.5, 0.6) is 5.75 Å². The highest BCUT2D eigenvalue weighted by Gasteiger charge is 2.36. The van der Waals surface area contributed by atoms with Crippen LogP contribution in [0.15, 0.2) is 18.2 Å². The van der Waals surface area contributed by atoms with Gasteiger partial charge in [-0.25, -0.2) is 0 Å². The van der Waals surface area contributed by atoms with Crippen molar-refractivity contribution in [2.45, 2.75) is 32.3 Å². The highest BCUT2D eigenvalue weighted by atomic mass is 16.5. The highest BCUT2D eigenvalue weighted by molar-refractivity contribution is 5.94. The number of hydrogen-bond donors (Lipinski definition) is 1. The Bertz CT molecular complexity index is 557. The van der Waals surface area contributed by atoms with E-state index in [-0.39, 0.29) is 12.0 Å². The molecule has 1 saturated carbocycles. The van der Waals surface area contributed by atoms with E-state index >= 15 is 0 Å². The minimum atomic E-state index is 0.0719. The third kappa shape index (κ3) is 4.03.